The van der Waals surface area contributed by atoms with E-state index in [1.54, 1.807) is 11.9 Å². The second kappa shape index (κ2) is 20.2. The molecule has 1 aliphatic rings. The molecule has 0 heterocycles. The van der Waals surface area contributed by atoms with Gasteiger partial charge in [-0.2, -0.15) is 0 Å². The van der Waals surface area contributed by atoms with Gasteiger partial charge in [-0.3, -0.25) is 14.4 Å². The third-order valence-corrected chi connectivity index (χ3v) is 9.01. The Kier molecular flexibility index (Phi) is 17.2. The molecule has 3 unspecified atom stereocenters. The van der Waals surface area contributed by atoms with Gasteiger partial charge in [0, 0.05) is 33.0 Å². The minimum absolute atomic E-state index is 0.0120. The molecule has 1 aromatic rings. The van der Waals surface area contributed by atoms with E-state index in [-0.39, 0.29) is 24.7 Å². The fourth-order valence-corrected chi connectivity index (χ4v) is 5.98. The normalized spacial score (nSPS) is 17.2. The molecule has 5 atom stereocenters. The van der Waals surface area contributed by atoms with E-state index in [2.05, 4.69) is 28.4 Å². The van der Waals surface area contributed by atoms with E-state index in [4.69, 9.17) is 6.42 Å². The van der Waals surface area contributed by atoms with Gasteiger partial charge in [0.1, 0.15) is 12.1 Å². The van der Waals surface area contributed by atoms with Gasteiger partial charge in [-0.25, -0.2) is 0 Å². The number of terminal acetylenes is 1. The zero-order chi connectivity index (χ0) is 33.4. The van der Waals surface area contributed by atoms with Gasteiger partial charge < -0.3 is 30.6 Å². The summed E-state index contributed by atoms with van der Waals surface area (Å²) in [6.45, 7) is 8.13. The molecule has 0 radical (unpaired) electrons. The fourth-order valence-electron chi connectivity index (χ4n) is 5.98. The van der Waals surface area contributed by atoms with Gasteiger partial charge in [-0.05, 0) is 50.3 Å². The summed E-state index contributed by atoms with van der Waals surface area (Å²) >= 11 is 0. The summed E-state index contributed by atoms with van der Waals surface area (Å²) in [5.74, 6) is 1.22. The summed E-state index contributed by atoms with van der Waals surface area (Å²) < 4.78 is 0. The van der Waals surface area contributed by atoms with Crippen LogP contribution >= 0.6 is 0 Å². The van der Waals surface area contributed by atoms with Crippen molar-refractivity contribution in [2.45, 2.75) is 109 Å². The largest absolute Gasteiger partial charge is 0.390 e. The molecule has 3 amide bonds. The maximum absolute atomic E-state index is 13.7. The summed E-state index contributed by atoms with van der Waals surface area (Å²) in [5, 5.41) is 27.7. The van der Waals surface area contributed by atoms with Gasteiger partial charge in [-0.1, -0.05) is 83.2 Å². The van der Waals surface area contributed by atoms with Crippen LogP contribution in [0.3, 0.4) is 0 Å². The van der Waals surface area contributed by atoms with Crippen molar-refractivity contribution in [1.82, 2.24) is 20.4 Å². The first-order chi connectivity index (χ1) is 21.4. The zero-order valence-electron chi connectivity index (χ0n) is 28.2. The van der Waals surface area contributed by atoms with E-state index < -0.39 is 42.0 Å². The number of carbonyl (C=O) groups is 3. The van der Waals surface area contributed by atoms with E-state index in [0.29, 0.717) is 31.7 Å². The molecule has 0 aromatic heterocycles. The number of amides is 3. The molecule has 4 N–H and O–H groups in total. The molecule has 252 valence electrons. The topological polar surface area (TPSA) is 122 Å². The van der Waals surface area contributed by atoms with Crippen LogP contribution in [0.15, 0.2) is 30.3 Å². The molecule has 45 heavy (non-hydrogen) atoms. The molecule has 0 saturated heterocycles. The predicted octanol–water partition coefficient (Wildman–Crippen LogP) is 3.38. The highest BCUT2D eigenvalue weighted by Gasteiger charge is 2.34. The number of nitrogens with one attached hydrogen (secondary N) is 2. The maximum Gasteiger partial charge on any atom is 0.243 e. The van der Waals surface area contributed by atoms with E-state index in [0.717, 1.165) is 44.3 Å². The number of hydrogen-bond acceptors (Lipinski definition) is 6. The second-order valence-corrected chi connectivity index (χ2v) is 13.3. The fraction of sp³-hybridized carbons (Fsp3) is 0.694. The van der Waals surface area contributed by atoms with Gasteiger partial charge in [0.25, 0.3) is 0 Å². The average molecular weight is 627 g/mol. The highest BCUT2D eigenvalue weighted by molar-refractivity contribution is 5.91. The first-order valence-electron chi connectivity index (χ1n) is 16.8. The van der Waals surface area contributed by atoms with Crippen molar-refractivity contribution in [3.8, 4) is 12.3 Å². The minimum atomic E-state index is -1.15. The molecule has 1 saturated carbocycles. The van der Waals surface area contributed by atoms with Crippen molar-refractivity contribution in [3.63, 3.8) is 0 Å². The van der Waals surface area contributed by atoms with Crippen molar-refractivity contribution >= 4 is 17.7 Å². The Labute approximate surface area is 271 Å². The van der Waals surface area contributed by atoms with Crippen LogP contribution in [0.1, 0.15) is 84.1 Å². The first kappa shape index (κ1) is 38.3. The van der Waals surface area contributed by atoms with Crippen molar-refractivity contribution in [3.05, 3.63) is 35.9 Å². The number of carbonyl (C=O) groups excluding carboxylic acids is 3. The predicted molar refractivity (Wildman–Crippen MR) is 179 cm³/mol. The summed E-state index contributed by atoms with van der Waals surface area (Å²) in [5.41, 5.74) is 0.909. The molecule has 1 aliphatic carbocycles. The summed E-state index contributed by atoms with van der Waals surface area (Å²) in [7, 11) is 3.73. The maximum atomic E-state index is 13.7. The van der Waals surface area contributed by atoms with Crippen LogP contribution in [0.25, 0.3) is 0 Å². The van der Waals surface area contributed by atoms with Crippen LogP contribution in [-0.4, -0.2) is 95.8 Å². The number of rotatable bonds is 19. The molecule has 0 spiro atoms. The first-order valence-corrected chi connectivity index (χ1v) is 16.8. The van der Waals surface area contributed by atoms with E-state index in [9.17, 15) is 24.6 Å². The number of hydrogen-bond donors (Lipinski definition) is 4. The average Bonchev–Trinajstić information content (AvgIpc) is 3.02. The lowest BCUT2D eigenvalue weighted by Crippen LogP contribution is -2.56. The van der Waals surface area contributed by atoms with Crippen LogP contribution in [0.5, 0.6) is 0 Å². The molecule has 9 heteroatoms. The zero-order valence-corrected chi connectivity index (χ0v) is 28.2. The van der Waals surface area contributed by atoms with Crippen LogP contribution in [0.2, 0.25) is 0 Å². The molecular weight excluding hydrogens is 568 g/mol. The molecule has 2 rings (SSSR count). The third-order valence-electron chi connectivity index (χ3n) is 9.01. The van der Waals surface area contributed by atoms with Gasteiger partial charge in [-0.15, -0.1) is 12.3 Å². The molecular formula is C36H58N4O5. The van der Waals surface area contributed by atoms with Crippen molar-refractivity contribution in [2.75, 3.05) is 33.7 Å². The van der Waals surface area contributed by atoms with Gasteiger partial charge >= 0.3 is 0 Å². The Bertz CT molecular complexity index is 1070. The highest BCUT2D eigenvalue weighted by atomic mass is 16.3. The summed E-state index contributed by atoms with van der Waals surface area (Å²) in [4.78, 5) is 44.4. The summed E-state index contributed by atoms with van der Waals surface area (Å²) in [6.07, 6.45) is 10.2. The lowest BCUT2D eigenvalue weighted by atomic mass is 9.82. The lowest BCUT2D eigenvalue weighted by molar-refractivity contribution is -0.137. The third kappa shape index (κ3) is 13.9. The standard InChI is InChI=1S/C36H58N4O5/c1-7-15-30(36(45)38-31(24-28-18-13-10-14-19-28)34(43)32(41)22-26(3)4)37-35(44)29(23-27-16-11-9-12-17-27)25-33(42)40(6)21-20-39(5)8-2/h1,9,11-12,16-17,26,28-32,34,41,43H,8,10,13-15,18-25H2,2-6H3,(H,37,44)(H,38,45)/t29?,30-,31?,32?,34+/m0/s1. The van der Waals surface area contributed by atoms with E-state index >= 15 is 0 Å². The van der Waals surface area contributed by atoms with Crippen molar-refractivity contribution in [1.29, 1.82) is 0 Å². The smallest absolute Gasteiger partial charge is 0.243 e. The van der Waals surface area contributed by atoms with Crippen LogP contribution in [0.4, 0.5) is 0 Å². The Morgan fingerprint density at radius 2 is 1.67 bits per heavy atom. The number of likely N-dealkylation sites (N-methyl/N-ethyl adjacent to an activating group) is 2. The van der Waals surface area contributed by atoms with Gasteiger partial charge in [0.15, 0.2) is 0 Å². The second-order valence-electron chi connectivity index (χ2n) is 13.3. The Hall–Kier alpha value is -2.93. The van der Waals surface area contributed by atoms with Gasteiger partial charge in [0.2, 0.25) is 17.7 Å². The van der Waals surface area contributed by atoms with Crippen LogP contribution < -0.4 is 10.6 Å². The molecule has 1 fully saturated rings. The van der Waals surface area contributed by atoms with Crippen molar-refractivity contribution < 1.29 is 24.6 Å². The molecule has 0 aliphatic heterocycles. The van der Waals surface area contributed by atoms with Crippen molar-refractivity contribution in [2.24, 2.45) is 17.8 Å². The minimum Gasteiger partial charge on any atom is -0.390 e. The SMILES string of the molecule is C#CC[C@H](NC(=O)C(CC(=O)N(C)CCN(C)CC)Cc1ccccc1)C(=O)NC(CC1CCCCC1)[C@@H](O)C(O)CC(C)C. The van der Waals surface area contributed by atoms with E-state index in [1.807, 2.05) is 51.2 Å². The number of nitrogens with zero attached hydrogens (tertiary/aromatic N) is 2. The van der Waals surface area contributed by atoms with Gasteiger partial charge in [0.05, 0.1) is 18.1 Å². The summed E-state index contributed by atoms with van der Waals surface area (Å²) in [6, 6.07) is 7.77. The molecule has 9 nitrogen and oxygen atoms in total. The van der Waals surface area contributed by atoms with E-state index in [1.165, 1.54) is 6.42 Å². The number of benzene rings is 1. The highest BCUT2D eigenvalue weighted by Crippen LogP contribution is 2.29. The van der Waals surface area contributed by atoms with Crippen LogP contribution in [0, 0.1) is 30.1 Å². The monoisotopic (exact) mass is 626 g/mol. The Balaban J connectivity index is 2.21. The molecule has 1 aromatic carbocycles. The number of aliphatic hydroxyl groups is 2. The number of aliphatic hydroxyl groups excluding tert-OH is 2. The molecule has 0 bridgehead atoms. The Morgan fingerprint density at radius 1 is 1.00 bits per heavy atom. The quantitative estimate of drug-likeness (QED) is 0.175. The lowest BCUT2D eigenvalue weighted by Gasteiger charge is -2.33. The Morgan fingerprint density at radius 3 is 2.27 bits per heavy atom. The van der Waals surface area contributed by atoms with Crippen LogP contribution in [-0.2, 0) is 20.8 Å².